The summed E-state index contributed by atoms with van der Waals surface area (Å²) < 4.78 is 32.9. The molecule has 262 valence electrons. The van der Waals surface area contributed by atoms with Crippen molar-refractivity contribution in [3.8, 4) is 23.1 Å². The zero-order valence-corrected chi connectivity index (χ0v) is 29.8. The molecule has 0 saturated carbocycles. The molecule has 13 heteroatoms. The summed E-state index contributed by atoms with van der Waals surface area (Å²) in [7, 11) is 3.96. The van der Waals surface area contributed by atoms with Gasteiger partial charge < -0.3 is 14.4 Å². The molecular weight excluding hydrogens is 637 g/mol. The van der Waals surface area contributed by atoms with E-state index in [2.05, 4.69) is 33.4 Å². The molecule has 50 heavy (non-hydrogen) atoms. The minimum Gasteiger partial charge on any atom is -0.471 e. The fourth-order valence-corrected chi connectivity index (χ4v) is 7.79. The van der Waals surface area contributed by atoms with E-state index in [1.54, 1.807) is 15.8 Å². The van der Waals surface area contributed by atoms with Gasteiger partial charge in [-0.15, -0.1) is 5.10 Å². The van der Waals surface area contributed by atoms with Crippen molar-refractivity contribution < 1.29 is 18.7 Å². The van der Waals surface area contributed by atoms with Gasteiger partial charge in [0.15, 0.2) is 11.3 Å². The predicted molar refractivity (Wildman–Crippen MR) is 188 cm³/mol. The van der Waals surface area contributed by atoms with Crippen LogP contribution in [0, 0.1) is 24.1 Å². The smallest absolute Gasteiger partial charge is 0.410 e. The summed E-state index contributed by atoms with van der Waals surface area (Å²) in [6, 6.07) is 9.59. The van der Waals surface area contributed by atoms with Gasteiger partial charge in [0, 0.05) is 36.0 Å². The number of fused-ring (bicyclic) bond motifs is 4. The Labute approximate surface area is 290 Å². The van der Waals surface area contributed by atoms with E-state index in [4.69, 9.17) is 14.5 Å². The minimum absolute atomic E-state index is 0.142. The number of ether oxygens (including phenoxy) is 2. The van der Waals surface area contributed by atoms with Crippen LogP contribution in [0.2, 0.25) is 0 Å². The van der Waals surface area contributed by atoms with E-state index in [1.165, 1.54) is 0 Å². The Hall–Kier alpha value is -4.83. The number of pyridine rings is 1. The number of aryl methyl sites for hydroxylation is 2. The number of nitriles is 1. The molecule has 2 saturated heterocycles. The highest BCUT2D eigenvalue weighted by Gasteiger charge is 2.37. The molecule has 1 amide bonds. The molecule has 2 fully saturated rings. The number of nitrogens with zero attached hydrogens (tertiary/aromatic N) is 9. The number of hydrogen-bond donors (Lipinski definition) is 0. The number of carbonyl (C=O) groups is 1. The van der Waals surface area contributed by atoms with Crippen LogP contribution < -0.4 is 4.74 Å². The summed E-state index contributed by atoms with van der Waals surface area (Å²) in [5.74, 6) is -0.212. The van der Waals surface area contributed by atoms with Crippen LogP contribution in [0.1, 0.15) is 71.4 Å². The second-order valence-electron chi connectivity index (χ2n) is 14.8. The van der Waals surface area contributed by atoms with Crippen LogP contribution in [0.25, 0.3) is 44.0 Å². The van der Waals surface area contributed by atoms with E-state index >= 15 is 4.39 Å². The molecule has 5 heterocycles. The van der Waals surface area contributed by atoms with Crippen LogP contribution in [0.3, 0.4) is 0 Å². The van der Waals surface area contributed by atoms with Gasteiger partial charge in [-0.2, -0.15) is 10.4 Å². The Balaban J connectivity index is 1.36. The molecule has 12 nitrogen and oxygen atoms in total. The van der Waals surface area contributed by atoms with Crippen LogP contribution in [0.4, 0.5) is 9.18 Å². The Morgan fingerprint density at radius 3 is 2.68 bits per heavy atom. The first kappa shape index (κ1) is 33.7. The standard InChI is InChI=1S/C37H44FN9O3/c1-21-17-27-32(31(38)30(21)23-10-11-24-20-40-45(7)29(24)18-23)41-35(49-22(2)28-9-8-15-44(28)6)33-34(27)47(43-42-33)26-13-16-46(25(19-26)12-14-39)36(48)50-37(3,4)5/h10-11,17-18,20,22,25-26,28H,8-9,12-13,15-16,19H2,1-7H3/t22-,25+,26-,28-/m0/s1. The highest BCUT2D eigenvalue weighted by Crippen LogP contribution is 2.40. The lowest BCUT2D eigenvalue weighted by molar-refractivity contribution is 0.00557. The maximum Gasteiger partial charge on any atom is 0.410 e. The van der Waals surface area contributed by atoms with Crippen LogP contribution in [0.15, 0.2) is 30.5 Å². The molecule has 2 aromatic carbocycles. The lowest BCUT2D eigenvalue weighted by Crippen LogP contribution is -2.48. The molecule has 0 aliphatic carbocycles. The predicted octanol–water partition coefficient (Wildman–Crippen LogP) is 6.70. The Bertz CT molecular complexity index is 2150. The fraction of sp³-hybridized carbons (Fsp3) is 0.514. The average molecular weight is 682 g/mol. The molecule has 3 aromatic heterocycles. The van der Waals surface area contributed by atoms with Gasteiger partial charge in [-0.1, -0.05) is 17.3 Å². The van der Waals surface area contributed by atoms with E-state index in [1.807, 2.05) is 70.6 Å². The van der Waals surface area contributed by atoms with E-state index in [-0.39, 0.29) is 42.0 Å². The molecule has 2 aliphatic heterocycles. The van der Waals surface area contributed by atoms with Crippen LogP contribution in [0.5, 0.6) is 5.88 Å². The van der Waals surface area contributed by atoms with Gasteiger partial charge in [0.2, 0.25) is 5.88 Å². The Morgan fingerprint density at radius 2 is 1.96 bits per heavy atom. The summed E-state index contributed by atoms with van der Waals surface area (Å²) in [4.78, 5) is 21.9. The van der Waals surface area contributed by atoms with Crippen molar-refractivity contribution >= 4 is 38.9 Å². The van der Waals surface area contributed by atoms with Crippen molar-refractivity contribution in [2.75, 3.05) is 20.1 Å². The lowest BCUT2D eigenvalue weighted by atomic mass is 9.94. The van der Waals surface area contributed by atoms with Crippen LogP contribution >= 0.6 is 0 Å². The SMILES string of the molecule is Cc1cc2c(nc(O[C@@H](C)[C@@H]3CCCN3C)c3nnn([C@H]4CCN(C(=O)OC(C)(C)C)[C@H](CC#N)C4)c32)c(F)c1-c1ccc2cnn(C)c2c1. The molecule has 0 N–H and O–H groups in total. The number of halogens is 1. The van der Waals surface area contributed by atoms with E-state index in [0.717, 1.165) is 41.4 Å². The maximum atomic E-state index is 17.1. The number of aromatic nitrogens is 6. The van der Waals surface area contributed by atoms with Gasteiger partial charge in [-0.05, 0) is 97.2 Å². The van der Waals surface area contributed by atoms with Gasteiger partial charge in [0.1, 0.15) is 22.7 Å². The zero-order valence-electron chi connectivity index (χ0n) is 29.8. The lowest BCUT2D eigenvalue weighted by Gasteiger charge is -2.39. The van der Waals surface area contributed by atoms with E-state index in [9.17, 15) is 10.1 Å². The summed E-state index contributed by atoms with van der Waals surface area (Å²) >= 11 is 0. The molecule has 0 spiro atoms. The Morgan fingerprint density at radius 1 is 1.16 bits per heavy atom. The first-order valence-corrected chi connectivity index (χ1v) is 17.4. The monoisotopic (exact) mass is 681 g/mol. The third-order valence-electron chi connectivity index (χ3n) is 10.2. The molecule has 0 unspecified atom stereocenters. The molecular formula is C37H44FN9O3. The van der Waals surface area contributed by atoms with Gasteiger partial charge in [0.05, 0.1) is 36.3 Å². The quantitative estimate of drug-likeness (QED) is 0.192. The van der Waals surface area contributed by atoms with Gasteiger partial charge in [-0.25, -0.2) is 18.9 Å². The fourth-order valence-electron chi connectivity index (χ4n) is 7.79. The van der Waals surface area contributed by atoms with E-state index in [0.29, 0.717) is 41.4 Å². The van der Waals surface area contributed by atoms with Crippen molar-refractivity contribution in [3.63, 3.8) is 0 Å². The second kappa shape index (κ2) is 12.8. The van der Waals surface area contributed by atoms with Crippen LogP contribution in [-0.4, -0.2) is 89.6 Å². The van der Waals surface area contributed by atoms with Crippen molar-refractivity contribution in [2.45, 2.75) is 96.6 Å². The molecule has 2 aliphatic rings. The van der Waals surface area contributed by atoms with Crippen molar-refractivity contribution in [1.82, 2.24) is 39.6 Å². The molecule has 4 atom stereocenters. The second-order valence-corrected chi connectivity index (χ2v) is 14.8. The number of rotatable bonds is 6. The number of hydrogen-bond acceptors (Lipinski definition) is 9. The Kier molecular flexibility index (Phi) is 8.62. The number of piperidine rings is 1. The van der Waals surface area contributed by atoms with Gasteiger partial charge in [-0.3, -0.25) is 9.58 Å². The number of amides is 1. The number of likely N-dealkylation sites (N-methyl/N-ethyl adjacent to an activating group) is 1. The highest BCUT2D eigenvalue weighted by atomic mass is 19.1. The largest absolute Gasteiger partial charge is 0.471 e. The van der Waals surface area contributed by atoms with Gasteiger partial charge >= 0.3 is 6.09 Å². The minimum atomic E-state index is -0.662. The van der Waals surface area contributed by atoms with E-state index < -0.39 is 17.5 Å². The molecule has 5 aromatic rings. The topological polar surface area (TPSA) is 127 Å². The molecule has 0 radical (unpaired) electrons. The van der Waals surface area contributed by atoms with Crippen LogP contribution in [-0.2, 0) is 11.8 Å². The maximum absolute atomic E-state index is 17.1. The first-order chi connectivity index (χ1) is 23.8. The number of carbonyl (C=O) groups excluding carboxylic acids is 1. The highest BCUT2D eigenvalue weighted by molar-refractivity contribution is 6.06. The van der Waals surface area contributed by atoms with Crippen molar-refractivity contribution in [2.24, 2.45) is 7.05 Å². The summed E-state index contributed by atoms with van der Waals surface area (Å²) in [5, 5.41) is 24.9. The normalized spacial score (nSPS) is 20.9. The third-order valence-corrected chi connectivity index (χ3v) is 10.2. The van der Waals surface area contributed by atoms with Gasteiger partial charge in [0.25, 0.3) is 0 Å². The first-order valence-electron chi connectivity index (χ1n) is 17.4. The third kappa shape index (κ3) is 5.99. The van der Waals surface area contributed by atoms with Crippen molar-refractivity contribution in [1.29, 1.82) is 5.26 Å². The summed E-state index contributed by atoms with van der Waals surface area (Å²) in [6.45, 7) is 10.8. The number of likely N-dealkylation sites (tertiary alicyclic amines) is 2. The average Bonchev–Trinajstić information content (AvgIpc) is 3.80. The summed E-state index contributed by atoms with van der Waals surface area (Å²) in [5.41, 5.74) is 3.42. The molecule has 7 rings (SSSR count). The number of benzene rings is 2. The zero-order chi connectivity index (χ0) is 35.5. The molecule has 0 bridgehead atoms. The van der Waals surface area contributed by atoms with Crippen molar-refractivity contribution in [3.05, 3.63) is 41.8 Å². The summed E-state index contributed by atoms with van der Waals surface area (Å²) in [6.07, 6.45) is 4.35.